The number of anilines is 1. The van der Waals surface area contributed by atoms with Crippen molar-refractivity contribution in [2.75, 3.05) is 11.9 Å². The summed E-state index contributed by atoms with van der Waals surface area (Å²) in [5.74, 6) is -1.82. The first-order chi connectivity index (χ1) is 8.00. The minimum Gasteiger partial charge on any atom is -0.481 e. The van der Waals surface area contributed by atoms with Crippen LogP contribution in [0.2, 0.25) is 0 Å². The lowest BCUT2D eigenvalue weighted by molar-refractivity contribution is -0.139. The van der Waals surface area contributed by atoms with Crippen molar-refractivity contribution in [3.8, 4) is 0 Å². The van der Waals surface area contributed by atoms with Gasteiger partial charge in [0.05, 0.1) is 11.8 Å². The molecule has 1 aliphatic rings. The van der Waals surface area contributed by atoms with Gasteiger partial charge in [-0.15, -0.1) is 0 Å². The minimum atomic E-state index is -0.874. The van der Waals surface area contributed by atoms with E-state index in [1.54, 1.807) is 7.05 Å². The molecule has 0 bridgehead atoms. The highest BCUT2D eigenvalue weighted by Gasteiger charge is 2.49. The zero-order chi connectivity index (χ0) is 12.6. The third kappa shape index (κ3) is 2.30. The molecule has 0 heterocycles. The fourth-order valence-corrected chi connectivity index (χ4v) is 1.89. The quantitative estimate of drug-likeness (QED) is 0.864. The van der Waals surface area contributed by atoms with Crippen molar-refractivity contribution in [1.29, 1.82) is 0 Å². The second kappa shape index (κ2) is 4.20. The zero-order valence-corrected chi connectivity index (χ0v) is 9.88. The Bertz CT molecular complexity index is 452. The van der Waals surface area contributed by atoms with E-state index in [9.17, 15) is 9.59 Å². The van der Waals surface area contributed by atoms with Gasteiger partial charge in [-0.25, -0.2) is 0 Å². The van der Waals surface area contributed by atoms with Crippen LogP contribution in [0.5, 0.6) is 0 Å². The van der Waals surface area contributed by atoms with E-state index in [2.05, 4.69) is 0 Å². The summed E-state index contributed by atoms with van der Waals surface area (Å²) in [4.78, 5) is 24.2. The molecule has 1 N–H and O–H groups in total. The van der Waals surface area contributed by atoms with Gasteiger partial charge in [0, 0.05) is 12.7 Å². The standard InChI is InChI=1S/C13H15NO3/c1-8-3-5-9(6-4-8)14(2)12(15)10-7-11(10)13(16)17/h3-6,10-11H,7H2,1-2H3,(H,16,17)/t10-,11+/m1/s1. The molecule has 0 saturated heterocycles. The molecule has 0 spiro atoms. The average molecular weight is 233 g/mol. The highest BCUT2D eigenvalue weighted by atomic mass is 16.4. The number of rotatable bonds is 3. The number of aryl methyl sites for hydroxylation is 1. The van der Waals surface area contributed by atoms with E-state index < -0.39 is 11.9 Å². The predicted octanol–water partition coefficient (Wildman–Crippen LogP) is 1.68. The van der Waals surface area contributed by atoms with Gasteiger partial charge in [0.15, 0.2) is 0 Å². The van der Waals surface area contributed by atoms with Crippen LogP contribution < -0.4 is 4.90 Å². The number of carboxylic acids is 1. The summed E-state index contributed by atoms with van der Waals surface area (Å²) < 4.78 is 0. The van der Waals surface area contributed by atoms with E-state index in [-0.39, 0.29) is 11.8 Å². The molecule has 4 heteroatoms. The summed E-state index contributed by atoms with van der Waals surface area (Å²) in [7, 11) is 1.68. The van der Waals surface area contributed by atoms with Gasteiger partial charge in [-0.3, -0.25) is 9.59 Å². The molecule has 4 nitrogen and oxygen atoms in total. The molecule has 1 aromatic carbocycles. The van der Waals surface area contributed by atoms with Crippen LogP contribution in [0.25, 0.3) is 0 Å². The smallest absolute Gasteiger partial charge is 0.307 e. The molecule has 1 fully saturated rings. The normalized spacial score (nSPS) is 22.0. The van der Waals surface area contributed by atoms with Crippen molar-refractivity contribution in [2.24, 2.45) is 11.8 Å². The Balaban J connectivity index is 2.06. The summed E-state index contributed by atoms with van der Waals surface area (Å²) in [6.07, 6.45) is 0.463. The number of benzene rings is 1. The van der Waals surface area contributed by atoms with E-state index in [1.807, 2.05) is 31.2 Å². The van der Waals surface area contributed by atoms with Gasteiger partial charge in [0.1, 0.15) is 0 Å². The van der Waals surface area contributed by atoms with Crippen LogP contribution in [-0.2, 0) is 9.59 Å². The molecular formula is C13H15NO3. The molecule has 0 aromatic heterocycles. The SMILES string of the molecule is Cc1ccc(N(C)C(=O)[C@@H]2C[C@@H]2C(=O)O)cc1. The van der Waals surface area contributed by atoms with Crippen molar-refractivity contribution in [3.63, 3.8) is 0 Å². The summed E-state index contributed by atoms with van der Waals surface area (Å²) in [6.45, 7) is 1.98. The van der Waals surface area contributed by atoms with Gasteiger partial charge in [0.2, 0.25) is 5.91 Å². The molecule has 1 saturated carbocycles. The van der Waals surface area contributed by atoms with Gasteiger partial charge >= 0.3 is 5.97 Å². The molecule has 2 atom stereocenters. The third-order valence-electron chi connectivity index (χ3n) is 3.18. The molecular weight excluding hydrogens is 218 g/mol. The maximum Gasteiger partial charge on any atom is 0.307 e. The van der Waals surface area contributed by atoms with Gasteiger partial charge in [0.25, 0.3) is 0 Å². The second-order valence-corrected chi connectivity index (χ2v) is 4.52. The fraction of sp³-hybridized carbons (Fsp3) is 0.385. The Morgan fingerprint density at radius 1 is 1.24 bits per heavy atom. The first-order valence-corrected chi connectivity index (χ1v) is 5.57. The molecule has 0 aliphatic heterocycles. The van der Waals surface area contributed by atoms with Gasteiger partial charge in [-0.05, 0) is 25.5 Å². The topological polar surface area (TPSA) is 57.6 Å². The van der Waals surface area contributed by atoms with Crippen molar-refractivity contribution in [2.45, 2.75) is 13.3 Å². The molecule has 1 aromatic rings. The first-order valence-electron chi connectivity index (χ1n) is 5.57. The van der Waals surface area contributed by atoms with E-state index in [0.29, 0.717) is 6.42 Å². The van der Waals surface area contributed by atoms with Crippen molar-refractivity contribution >= 4 is 17.6 Å². The number of hydrogen-bond acceptors (Lipinski definition) is 2. The van der Waals surface area contributed by atoms with E-state index in [1.165, 1.54) is 4.90 Å². The summed E-state index contributed by atoms with van der Waals surface area (Å²) >= 11 is 0. The summed E-state index contributed by atoms with van der Waals surface area (Å²) in [6, 6.07) is 7.60. The Kier molecular flexibility index (Phi) is 2.88. The molecule has 90 valence electrons. The van der Waals surface area contributed by atoms with Gasteiger partial charge in [-0.1, -0.05) is 17.7 Å². The lowest BCUT2D eigenvalue weighted by atomic mass is 10.2. The van der Waals surface area contributed by atoms with Crippen molar-refractivity contribution < 1.29 is 14.7 Å². The Morgan fingerprint density at radius 2 is 1.82 bits per heavy atom. The van der Waals surface area contributed by atoms with Crippen LogP contribution in [0.3, 0.4) is 0 Å². The van der Waals surface area contributed by atoms with E-state index in [4.69, 9.17) is 5.11 Å². The number of aliphatic carboxylic acids is 1. The lowest BCUT2D eigenvalue weighted by Crippen LogP contribution is -2.28. The number of carbonyl (C=O) groups excluding carboxylic acids is 1. The molecule has 1 aliphatic carbocycles. The molecule has 0 radical (unpaired) electrons. The molecule has 17 heavy (non-hydrogen) atoms. The van der Waals surface area contributed by atoms with Gasteiger partial charge in [-0.2, -0.15) is 0 Å². The van der Waals surface area contributed by atoms with E-state index in [0.717, 1.165) is 11.3 Å². The predicted molar refractivity (Wildman–Crippen MR) is 63.8 cm³/mol. The van der Waals surface area contributed by atoms with Crippen LogP contribution in [0.4, 0.5) is 5.69 Å². The minimum absolute atomic E-state index is 0.110. The van der Waals surface area contributed by atoms with Crippen LogP contribution in [0, 0.1) is 18.8 Å². The first kappa shape index (κ1) is 11.6. The number of amides is 1. The number of hydrogen-bond donors (Lipinski definition) is 1. The lowest BCUT2D eigenvalue weighted by Gasteiger charge is -2.17. The fourth-order valence-electron chi connectivity index (χ4n) is 1.89. The van der Waals surface area contributed by atoms with Gasteiger partial charge < -0.3 is 10.0 Å². The molecule has 1 amide bonds. The Hall–Kier alpha value is -1.84. The van der Waals surface area contributed by atoms with Crippen molar-refractivity contribution in [3.05, 3.63) is 29.8 Å². The number of nitrogens with zero attached hydrogens (tertiary/aromatic N) is 1. The molecule has 2 rings (SSSR count). The monoisotopic (exact) mass is 233 g/mol. The maximum absolute atomic E-state index is 12.0. The summed E-state index contributed by atoms with van der Waals surface area (Å²) in [5.41, 5.74) is 1.93. The highest BCUT2D eigenvalue weighted by Crippen LogP contribution is 2.40. The van der Waals surface area contributed by atoms with E-state index >= 15 is 0 Å². The summed E-state index contributed by atoms with van der Waals surface area (Å²) in [5, 5.41) is 8.79. The average Bonchev–Trinajstić information content (AvgIpc) is 3.08. The number of carboxylic acid groups (broad SMARTS) is 1. The third-order valence-corrected chi connectivity index (χ3v) is 3.18. The Morgan fingerprint density at radius 3 is 2.29 bits per heavy atom. The molecule has 0 unspecified atom stereocenters. The zero-order valence-electron chi connectivity index (χ0n) is 9.88. The highest BCUT2D eigenvalue weighted by molar-refractivity contribution is 5.99. The van der Waals surface area contributed by atoms with Crippen LogP contribution in [-0.4, -0.2) is 24.0 Å². The van der Waals surface area contributed by atoms with Crippen molar-refractivity contribution in [1.82, 2.24) is 0 Å². The van der Waals surface area contributed by atoms with Crippen LogP contribution in [0.1, 0.15) is 12.0 Å². The maximum atomic E-state index is 12.0. The Labute approximate surface area is 99.9 Å². The van der Waals surface area contributed by atoms with Crippen LogP contribution >= 0.6 is 0 Å². The largest absolute Gasteiger partial charge is 0.481 e. The number of carbonyl (C=O) groups is 2. The van der Waals surface area contributed by atoms with Crippen LogP contribution in [0.15, 0.2) is 24.3 Å². The second-order valence-electron chi connectivity index (χ2n) is 4.52.